The van der Waals surface area contributed by atoms with Crippen molar-refractivity contribution in [2.75, 3.05) is 0 Å². The minimum atomic E-state index is -0.912. The van der Waals surface area contributed by atoms with Crippen molar-refractivity contribution < 1.29 is 9.90 Å². The van der Waals surface area contributed by atoms with Gasteiger partial charge in [-0.05, 0) is 24.3 Å². The van der Waals surface area contributed by atoms with Gasteiger partial charge >= 0.3 is 5.97 Å². The van der Waals surface area contributed by atoms with E-state index in [1.165, 1.54) is 0 Å². The number of carboxylic acid groups (broad SMARTS) is 1. The van der Waals surface area contributed by atoms with Crippen molar-refractivity contribution in [3.63, 3.8) is 0 Å². The number of nitriles is 1. The number of hydrogen-bond acceptors (Lipinski definition) is 2. The smallest absolute Gasteiger partial charge is 0.309 e. The number of rotatable bonds is 3. The van der Waals surface area contributed by atoms with Crippen molar-refractivity contribution in [3.05, 3.63) is 53.9 Å². The first-order valence-electron chi connectivity index (χ1n) is 5.10. The molecule has 0 fully saturated rings. The van der Waals surface area contributed by atoms with Crippen molar-refractivity contribution in [3.8, 4) is 11.8 Å². The zero-order chi connectivity index (χ0) is 12.3. The molecule has 1 heterocycles. The third-order valence-electron chi connectivity index (χ3n) is 2.42. The number of benzene rings is 1. The molecule has 2 aromatic rings. The maximum absolute atomic E-state index is 10.8. The predicted octanol–water partition coefficient (Wildman–Crippen LogP) is 1.98. The summed E-state index contributed by atoms with van der Waals surface area (Å²) in [6.45, 7) is 0. The lowest BCUT2D eigenvalue weighted by atomic mass is 10.2. The average Bonchev–Trinajstić information content (AvgIpc) is 2.72. The second-order valence-electron chi connectivity index (χ2n) is 3.56. The number of hydrogen-bond donors (Lipinski definition) is 1. The highest BCUT2D eigenvalue weighted by molar-refractivity contribution is 5.70. The van der Waals surface area contributed by atoms with Gasteiger partial charge in [0.15, 0.2) is 0 Å². The van der Waals surface area contributed by atoms with E-state index < -0.39 is 5.97 Å². The van der Waals surface area contributed by atoms with Crippen molar-refractivity contribution in [1.82, 2.24) is 4.57 Å². The molecule has 1 N–H and O–H groups in total. The van der Waals surface area contributed by atoms with Gasteiger partial charge < -0.3 is 9.67 Å². The highest BCUT2D eigenvalue weighted by Gasteiger charge is 2.12. The largest absolute Gasteiger partial charge is 0.481 e. The molecule has 0 unspecified atom stereocenters. The first kappa shape index (κ1) is 11.0. The Kier molecular flexibility index (Phi) is 2.93. The number of carboxylic acids is 1. The molecule has 0 radical (unpaired) electrons. The fourth-order valence-corrected chi connectivity index (χ4v) is 1.74. The number of nitrogens with zero attached hydrogens (tertiary/aromatic N) is 2. The molecular weight excluding hydrogens is 216 g/mol. The van der Waals surface area contributed by atoms with Gasteiger partial charge in [0.1, 0.15) is 11.8 Å². The molecular formula is C13H10N2O2. The topological polar surface area (TPSA) is 66.0 Å². The van der Waals surface area contributed by atoms with E-state index in [2.05, 4.69) is 6.07 Å². The molecule has 0 bridgehead atoms. The molecule has 0 saturated heterocycles. The first-order valence-corrected chi connectivity index (χ1v) is 5.10. The van der Waals surface area contributed by atoms with E-state index in [-0.39, 0.29) is 6.42 Å². The molecule has 4 nitrogen and oxygen atoms in total. The van der Waals surface area contributed by atoms with E-state index in [1.54, 1.807) is 16.7 Å². The Morgan fingerprint density at radius 1 is 1.24 bits per heavy atom. The number of carbonyl (C=O) groups is 1. The lowest BCUT2D eigenvalue weighted by Gasteiger charge is -2.08. The minimum absolute atomic E-state index is 0.101. The van der Waals surface area contributed by atoms with Crippen LogP contribution in [-0.4, -0.2) is 15.6 Å². The van der Waals surface area contributed by atoms with Crippen LogP contribution < -0.4 is 0 Å². The molecule has 17 heavy (non-hydrogen) atoms. The molecule has 0 aliphatic rings. The first-order chi connectivity index (χ1) is 8.22. The third-order valence-corrected chi connectivity index (χ3v) is 2.42. The molecule has 0 spiro atoms. The quantitative estimate of drug-likeness (QED) is 0.870. The summed E-state index contributed by atoms with van der Waals surface area (Å²) in [5.41, 5.74) is 1.83. The van der Waals surface area contributed by atoms with Gasteiger partial charge in [-0.3, -0.25) is 4.79 Å². The Balaban J connectivity index is 2.54. The summed E-state index contributed by atoms with van der Waals surface area (Å²) in [6, 6.07) is 14.6. The van der Waals surface area contributed by atoms with Crippen LogP contribution in [0.5, 0.6) is 0 Å². The van der Waals surface area contributed by atoms with Crippen molar-refractivity contribution in [1.29, 1.82) is 5.26 Å². The maximum atomic E-state index is 10.8. The number of aliphatic carboxylic acids is 1. The fraction of sp³-hybridized carbons (Fsp3) is 0.0769. The molecule has 0 amide bonds. The lowest BCUT2D eigenvalue weighted by Crippen LogP contribution is -2.07. The summed E-state index contributed by atoms with van der Waals surface area (Å²) in [7, 11) is 0. The lowest BCUT2D eigenvalue weighted by molar-refractivity contribution is -0.136. The van der Waals surface area contributed by atoms with E-state index in [0.29, 0.717) is 11.4 Å². The molecule has 1 aromatic carbocycles. The van der Waals surface area contributed by atoms with Crippen LogP contribution >= 0.6 is 0 Å². The van der Waals surface area contributed by atoms with Crippen LogP contribution in [0, 0.1) is 11.3 Å². The van der Waals surface area contributed by atoms with Crippen molar-refractivity contribution in [2.45, 2.75) is 6.42 Å². The van der Waals surface area contributed by atoms with Crippen LogP contribution in [0.3, 0.4) is 0 Å². The van der Waals surface area contributed by atoms with Crippen LogP contribution in [0.15, 0.2) is 42.5 Å². The zero-order valence-electron chi connectivity index (χ0n) is 9.00. The molecule has 2 rings (SSSR count). The van der Waals surface area contributed by atoms with Gasteiger partial charge in [-0.2, -0.15) is 5.26 Å². The second kappa shape index (κ2) is 4.54. The van der Waals surface area contributed by atoms with E-state index in [9.17, 15) is 4.79 Å². The molecule has 84 valence electrons. The summed E-state index contributed by atoms with van der Waals surface area (Å²) in [4.78, 5) is 10.8. The standard InChI is InChI=1S/C13H10N2O2/c14-9-12-7-6-11(8-13(16)17)15(12)10-4-2-1-3-5-10/h1-7H,8H2,(H,16,17). The Morgan fingerprint density at radius 3 is 2.53 bits per heavy atom. The average molecular weight is 226 g/mol. The van der Waals surface area contributed by atoms with E-state index >= 15 is 0 Å². The summed E-state index contributed by atoms with van der Waals surface area (Å²) in [5.74, 6) is -0.912. The summed E-state index contributed by atoms with van der Waals surface area (Å²) in [5, 5.41) is 17.8. The molecule has 0 aliphatic heterocycles. The summed E-state index contributed by atoms with van der Waals surface area (Å²) < 4.78 is 1.66. The molecule has 0 atom stereocenters. The van der Waals surface area contributed by atoms with Gasteiger partial charge in [-0.1, -0.05) is 18.2 Å². The highest BCUT2D eigenvalue weighted by atomic mass is 16.4. The fourth-order valence-electron chi connectivity index (χ4n) is 1.74. The van der Waals surface area contributed by atoms with Crippen molar-refractivity contribution >= 4 is 5.97 Å². The van der Waals surface area contributed by atoms with Gasteiger partial charge in [0, 0.05) is 11.4 Å². The van der Waals surface area contributed by atoms with Crippen LogP contribution in [0.1, 0.15) is 11.4 Å². The zero-order valence-corrected chi connectivity index (χ0v) is 9.00. The molecule has 0 aliphatic carbocycles. The number of aromatic nitrogens is 1. The van der Waals surface area contributed by atoms with Gasteiger partial charge in [0.2, 0.25) is 0 Å². The monoisotopic (exact) mass is 226 g/mol. The van der Waals surface area contributed by atoms with Crippen molar-refractivity contribution in [2.24, 2.45) is 0 Å². The van der Waals surface area contributed by atoms with E-state index in [0.717, 1.165) is 5.69 Å². The Labute approximate surface area is 98.4 Å². The summed E-state index contributed by atoms with van der Waals surface area (Å²) >= 11 is 0. The molecule has 4 heteroatoms. The molecule has 0 saturated carbocycles. The summed E-state index contributed by atoms with van der Waals surface area (Å²) in [6.07, 6.45) is -0.101. The van der Waals surface area contributed by atoms with Gasteiger partial charge in [-0.15, -0.1) is 0 Å². The second-order valence-corrected chi connectivity index (χ2v) is 3.56. The predicted molar refractivity (Wildman–Crippen MR) is 61.8 cm³/mol. The van der Waals surface area contributed by atoms with Crippen LogP contribution in [0.4, 0.5) is 0 Å². The van der Waals surface area contributed by atoms with Gasteiger partial charge in [-0.25, -0.2) is 0 Å². The third kappa shape index (κ3) is 2.18. The van der Waals surface area contributed by atoms with Crippen LogP contribution in [0.25, 0.3) is 5.69 Å². The SMILES string of the molecule is N#Cc1ccc(CC(=O)O)n1-c1ccccc1. The van der Waals surface area contributed by atoms with E-state index in [4.69, 9.17) is 10.4 Å². The van der Waals surface area contributed by atoms with Crippen LogP contribution in [0.2, 0.25) is 0 Å². The Morgan fingerprint density at radius 2 is 1.94 bits per heavy atom. The Hall–Kier alpha value is -2.54. The van der Waals surface area contributed by atoms with E-state index in [1.807, 2.05) is 30.3 Å². The highest BCUT2D eigenvalue weighted by Crippen LogP contribution is 2.17. The minimum Gasteiger partial charge on any atom is -0.481 e. The van der Waals surface area contributed by atoms with Crippen LogP contribution in [-0.2, 0) is 11.2 Å². The number of para-hydroxylation sites is 1. The maximum Gasteiger partial charge on any atom is 0.309 e. The Bertz CT molecular complexity index is 579. The normalized spacial score (nSPS) is 9.82. The van der Waals surface area contributed by atoms with Gasteiger partial charge in [0.05, 0.1) is 6.42 Å². The molecule has 1 aromatic heterocycles. The van der Waals surface area contributed by atoms with Gasteiger partial charge in [0.25, 0.3) is 0 Å².